The molecule has 0 aromatic carbocycles. The highest BCUT2D eigenvalue weighted by Gasteiger charge is 1.97. The second-order valence-electron chi connectivity index (χ2n) is 9.77. The van der Waals surface area contributed by atoms with Crippen LogP contribution in [0.4, 0.5) is 0 Å². The Morgan fingerprint density at radius 2 is 0.457 bits per heavy atom. The number of ether oxygens (including phenoxy) is 13. The zero-order valence-electron chi connectivity index (χ0n) is 29.0. The van der Waals surface area contributed by atoms with E-state index in [0.717, 1.165) is 19.6 Å². The minimum Gasteiger partial charge on any atom is -0.379 e. The molecule has 14 nitrogen and oxygen atoms in total. The minimum absolute atomic E-state index is 0.515. The molecule has 0 aliphatic carbocycles. The molecule has 0 unspecified atom stereocenters. The van der Waals surface area contributed by atoms with Gasteiger partial charge < -0.3 is 66.9 Å². The topological polar surface area (TPSA) is 132 Å². The summed E-state index contributed by atoms with van der Waals surface area (Å²) in [6.45, 7) is 17.5. The van der Waals surface area contributed by atoms with Crippen LogP contribution in [-0.2, 0) is 61.6 Å². The van der Waals surface area contributed by atoms with E-state index in [1.54, 1.807) is 0 Å². The first-order chi connectivity index (χ1) is 22.9. The standard InChI is InChI=1S/C32H67NO13/c1-3-4-5-7-34-9-11-36-13-15-38-17-19-40-21-23-42-25-27-44-29-31-46-32-30-45-28-26-43-24-22-41-20-18-39-16-14-37-12-10-35-8-6-33-2/h33H,3-32H2,1-2H3. The van der Waals surface area contributed by atoms with E-state index in [1.807, 2.05) is 7.05 Å². The van der Waals surface area contributed by atoms with Crippen molar-refractivity contribution in [3.8, 4) is 0 Å². The molecular formula is C32H67NO13. The van der Waals surface area contributed by atoms with Crippen LogP contribution in [0.25, 0.3) is 0 Å². The van der Waals surface area contributed by atoms with Crippen LogP contribution >= 0.6 is 0 Å². The molecule has 0 bridgehead atoms. The molecule has 0 rings (SSSR count). The molecule has 0 saturated heterocycles. The zero-order chi connectivity index (χ0) is 33.1. The van der Waals surface area contributed by atoms with Crippen molar-refractivity contribution < 1.29 is 61.6 Å². The van der Waals surface area contributed by atoms with Crippen LogP contribution in [0.5, 0.6) is 0 Å². The third-order valence-corrected chi connectivity index (χ3v) is 5.85. The van der Waals surface area contributed by atoms with Crippen LogP contribution in [-0.4, -0.2) is 185 Å². The molecule has 1 N–H and O–H groups in total. The first-order valence-electron chi connectivity index (χ1n) is 17.1. The van der Waals surface area contributed by atoms with Crippen molar-refractivity contribution in [3.05, 3.63) is 0 Å². The highest BCUT2D eigenvalue weighted by molar-refractivity contribution is 4.41. The quantitative estimate of drug-likeness (QED) is 0.0941. The van der Waals surface area contributed by atoms with Gasteiger partial charge in [-0.05, 0) is 13.5 Å². The Balaban J connectivity index is 3.03. The van der Waals surface area contributed by atoms with E-state index in [1.165, 1.54) is 12.8 Å². The zero-order valence-corrected chi connectivity index (χ0v) is 29.0. The maximum Gasteiger partial charge on any atom is 0.0701 e. The molecule has 0 spiro atoms. The predicted molar refractivity (Wildman–Crippen MR) is 174 cm³/mol. The van der Waals surface area contributed by atoms with Gasteiger partial charge in [0.05, 0.1) is 165 Å². The van der Waals surface area contributed by atoms with E-state index in [2.05, 4.69) is 12.2 Å². The van der Waals surface area contributed by atoms with Gasteiger partial charge in [0.1, 0.15) is 0 Å². The van der Waals surface area contributed by atoms with Gasteiger partial charge in [-0.3, -0.25) is 0 Å². The SMILES string of the molecule is CCCCCOCCOCCOCCOCCOCCOCCOCCOCCOCCOCCOCCOCCOCCNC. The summed E-state index contributed by atoms with van der Waals surface area (Å²) >= 11 is 0. The Morgan fingerprint density at radius 3 is 0.652 bits per heavy atom. The maximum atomic E-state index is 5.49. The van der Waals surface area contributed by atoms with Gasteiger partial charge in [0.25, 0.3) is 0 Å². The molecule has 0 atom stereocenters. The first kappa shape index (κ1) is 45.4. The molecule has 0 saturated carbocycles. The van der Waals surface area contributed by atoms with Crippen LogP contribution in [0.3, 0.4) is 0 Å². The largest absolute Gasteiger partial charge is 0.379 e. The third kappa shape index (κ3) is 43.4. The lowest BCUT2D eigenvalue weighted by Crippen LogP contribution is -2.17. The van der Waals surface area contributed by atoms with Crippen LogP contribution in [0.1, 0.15) is 26.2 Å². The van der Waals surface area contributed by atoms with Crippen molar-refractivity contribution in [2.75, 3.05) is 185 Å². The number of hydrogen-bond acceptors (Lipinski definition) is 14. The number of unbranched alkanes of at least 4 members (excludes halogenated alkanes) is 2. The molecule has 14 heteroatoms. The second kappa shape index (κ2) is 44.4. The molecule has 46 heavy (non-hydrogen) atoms. The number of rotatable bonds is 43. The van der Waals surface area contributed by atoms with E-state index < -0.39 is 0 Å². The lowest BCUT2D eigenvalue weighted by atomic mass is 10.3. The molecule has 0 radical (unpaired) electrons. The van der Waals surface area contributed by atoms with Crippen molar-refractivity contribution in [3.63, 3.8) is 0 Å². The first-order valence-corrected chi connectivity index (χ1v) is 17.1. The van der Waals surface area contributed by atoms with E-state index in [0.29, 0.717) is 165 Å². The monoisotopic (exact) mass is 673 g/mol. The summed E-state index contributed by atoms with van der Waals surface area (Å²) in [6.07, 6.45) is 3.54. The van der Waals surface area contributed by atoms with Gasteiger partial charge in [-0.15, -0.1) is 0 Å². The van der Waals surface area contributed by atoms with Gasteiger partial charge >= 0.3 is 0 Å². The van der Waals surface area contributed by atoms with Crippen LogP contribution in [0.2, 0.25) is 0 Å². The fourth-order valence-corrected chi connectivity index (χ4v) is 3.37. The molecular weight excluding hydrogens is 606 g/mol. The second-order valence-corrected chi connectivity index (χ2v) is 9.77. The summed E-state index contributed by atoms with van der Waals surface area (Å²) in [5, 5.41) is 3.02. The van der Waals surface area contributed by atoms with Gasteiger partial charge in [-0.2, -0.15) is 0 Å². The lowest BCUT2D eigenvalue weighted by Gasteiger charge is -2.09. The molecule has 278 valence electrons. The fraction of sp³-hybridized carbons (Fsp3) is 1.00. The summed E-state index contributed by atoms with van der Waals surface area (Å²) < 4.78 is 71.0. The van der Waals surface area contributed by atoms with Gasteiger partial charge in [0.15, 0.2) is 0 Å². The van der Waals surface area contributed by atoms with Gasteiger partial charge in [-0.25, -0.2) is 0 Å². The van der Waals surface area contributed by atoms with Gasteiger partial charge in [-0.1, -0.05) is 19.8 Å². The van der Waals surface area contributed by atoms with Gasteiger partial charge in [0.2, 0.25) is 0 Å². The summed E-state index contributed by atoms with van der Waals surface area (Å²) in [4.78, 5) is 0. The summed E-state index contributed by atoms with van der Waals surface area (Å²) in [7, 11) is 1.90. The molecule has 0 fully saturated rings. The molecule has 0 aliphatic heterocycles. The maximum absolute atomic E-state index is 5.49. The van der Waals surface area contributed by atoms with E-state index in [9.17, 15) is 0 Å². The summed E-state index contributed by atoms with van der Waals surface area (Å²) in [5.74, 6) is 0. The van der Waals surface area contributed by atoms with E-state index >= 15 is 0 Å². The summed E-state index contributed by atoms with van der Waals surface area (Å²) in [5.41, 5.74) is 0. The van der Waals surface area contributed by atoms with Crippen molar-refractivity contribution in [2.45, 2.75) is 26.2 Å². The van der Waals surface area contributed by atoms with Crippen molar-refractivity contribution >= 4 is 0 Å². The highest BCUT2D eigenvalue weighted by atomic mass is 16.6. The average Bonchev–Trinajstić information content (AvgIpc) is 3.07. The molecule has 0 aromatic rings. The Labute approximate surface area is 278 Å². The third-order valence-electron chi connectivity index (χ3n) is 5.85. The van der Waals surface area contributed by atoms with Crippen molar-refractivity contribution in [1.29, 1.82) is 0 Å². The fourth-order valence-electron chi connectivity index (χ4n) is 3.37. The normalized spacial score (nSPS) is 11.6. The highest BCUT2D eigenvalue weighted by Crippen LogP contribution is 1.94. The van der Waals surface area contributed by atoms with Crippen LogP contribution < -0.4 is 5.32 Å². The molecule has 0 aromatic heterocycles. The van der Waals surface area contributed by atoms with Crippen LogP contribution in [0.15, 0.2) is 0 Å². The smallest absolute Gasteiger partial charge is 0.0701 e. The molecule has 0 amide bonds. The number of hydrogen-bond donors (Lipinski definition) is 1. The predicted octanol–water partition coefficient (Wildman–Crippen LogP) is 1.61. The number of nitrogens with one attached hydrogen (secondary N) is 1. The lowest BCUT2D eigenvalue weighted by molar-refractivity contribution is -0.0290. The Bertz CT molecular complexity index is 482. The Kier molecular flexibility index (Phi) is 43.9. The average molecular weight is 674 g/mol. The Morgan fingerprint density at radius 1 is 0.261 bits per heavy atom. The van der Waals surface area contributed by atoms with Crippen LogP contribution in [0, 0.1) is 0 Å². The van der Waals surface area contributed by atoms with Gasteiger partial charge in [0, 0.05) is 13.2 Å². The van der Waals surface area contributed by atoms with E-state index in [4.69, 9.17) is 61.6 Å². The Hall–Kier alpha value is -0.560. The molecule has 0 heterocycles. The van der Waals surface area contributed by atoms with Crippen molar-refractivity contribution in [1.82, 2.24) is 5.32 Å². The molecule has 0 aliphatic rings. The van der Waals surface area contributed by atoms with E-state index in [-0.39, 0.29) is 0 Å². The minimum atomic E-state index is 0.515. The number of likely N-dealkylation sites (N-methyl/N-ethyl adjacent to an activating group) is 1. The van der Waals surface area contributed by atoms with Crippen molar-refractivity contribution in [2.24, 2.45) is 0 Å². The summed E-state index contributed by atoms with van der Waals surface area (Å²) in [6, 6.07) is 0.